The minimum absolute atomic E-state index is 0. The van der Waals surface area contributed by atoms with Crippen LogP contribution in [0.15, 0.2) is 0 Å². The Kier molecular flexibility index (Phi) is 13.7. The topological polar surface area (TPSA) is 0 Å². The van der Waals surface area contributed by atoms with Gasteiger partial charge in [-0.1, -0.05) is 83.8 Å². The van der Waals surface area contributed by atoms with Gasteiger partial charge in [-0.05, 0) is 0 Å². The zero-order valence-corrected chi connectivity index (χ0v) is 17.2. The molecule has 20 heavy (non-hydrogen) atoms. The molecule has 0 rings (SSSR count). The Balaban J connectivity index is 0. The number of alkyl halides is 1. The van der Waals surface area contributed by atoms with Crippen LogP contribution in [-0.4, -0.2) is 19.1 Å². The average molecular weight is 311 g/mol. The molecule has 0 N–H and O–H groups in total. The SMILES string of the molecule is CCCC[B-](CCCC)(CCCC)C(Cl)[Si](C)(C)C.[Li+]. The normalized spacial score (nSPS) is 13.9. The first kappa shape index (κ1) is 23.4. The van der Waals surface area contributed by atoms with Crippen molar-refractivity contribution in [3.8, 4) is 0 Å². The van der Waals surface area contributed by atoms with Crippen LogP contribution < -0.4 is 18.9 Å². The summed E-state index contributed by atoms with van der Waals surface area (Å²) in [6.07, 6.45) is 12.0. The third kappa shape index (κ3) is 7.97. The smallest absolute Gasteiger partial charge is 0.177 e. The molecule has 116 valence electrons. The van der Waals surface area contributed by atoms with Gasteiger partial charge in [0.15, 0.2) is 0 Å². The Morgan fingerprint density at radius 3 is 1.30 bits per heavy atom. The van der Waals surface area contributed by atoms with Crippen molar-refractivity contribution in [2.24, 2.45) is 0 Å². The van der Waals surface area contributed by atoms with Crippen molar-refractivity contribution in [1.29, 1.82) is 0 Å². The summed E-state index contributed by atoms with van der Waals surface area (Å²) in [5.41, 5.74) is 0. The zero-order chi connectivity index (χ0) is 14.9. The van der Waals surface area contributed by atoms with Crippen LogP contribution in [0.3, 0.4) is 0 Å². The minimum Gasteiger partial charge on any atom is -0.177 e. The maximum Gasteiger partial charge on any atom is 1.00 e. The standard InChI is InChI=1S/C16H37BClSi.Li/c1-7-10-13-17(14-11-8-2,15-12-9-3)16(18)19(4,5)6;/h16H,7-15H2,1-6H3;/q-1;+1. The summed E-state index contributed by atoms with van der Waals surface area (Å²) in [7, 11) is -1.25. The van der Waals surface area contributed by atoms with E-state index in [2.05, 4.69) is 40.4 Å². The van der Waals surface area contributed by atoms with Crippen molar-refractivity contribution >= 4 is 25.8 Å². The van der Waals surface area contributed by atoms with Gasteiger partial charge in [0.2, 0.25) is 0 Å². The van der Waals surface area contributed by atoms with Gasteiger partial charge in [-0.25, -0.2) is 0 Å². The van der Waals surface area contributed by atoms with E-state index in [4.69, 9.17) is 11.6 Å². The van der Waals surface area contributed by atoms with Crippen LogP contribution in [0.2, 0.25) is 38.6 Å². The van der Waals surface area contributed by atoms with Crippen LogP contribution in [-0.2, 0) is 0 Å². The summed E-state index contributed by atoms with van der Waals surface area (Å²) < 4.78 is 0. The number of halogens is 1. The van der Waals surface area contributed by atoms with E-state index in [0.717, 1.165) is 0 Å². The molecule has 0 bridgehead atoms. The Bertz CT molecular complexity index is 209. The van der Waals surface area contributed by atoms with Gasteiger partial charge < -0.3 is 0 Å². The summed E-state index contributed by atoms with van der Waals surface area (Å²) >= 11 is 7.08. The van der Waals surface area contributed by atoms with E-state index in [-0.39, 0.29) is 25.0 Å². The third-order valence-corrected chi connectivity index (χ3v) is 9.71. The molecule has 0 fully saturated rings. The molecule has 0 aromatic heterocycles. The van der Waals surface area contributed by atoms with Crippen LogP contribution >= 0.6 is 11.6 Å². The summed E-state index contributed by atoms with van der Waals surface area (Å²) in [5.74, 6) is 0. The predicted octanol–water partition coefficient (Wildman–Crippen LogP) is 3.86. The molecule has 0 nitrogen and oxygen atoms in total. The third-order valence-electron chi connectivity index (χ3n) is 4.85. The maximum absolute atomic E-state index is 7.08. The fourth-order valence-corrected chi connectivity index (χ4v) is 6.76. The molecule has 0 spiro atoms. The van der Waals surface area contributed by atoms with E-state index in [9.17, 15) is 0 Å². The van der Waals surface area contributed by atoms with Crippen LogP contribution in [0.1, 0.15) is 59.3 Å². The second kappa shape index (κ2) is 11.7. The number of hydrogen-bond acceptors (Lipinski definition) is 0. The molecule has 0 heterocycles. The minimum atomic E-state index is -1.25. The predicted molar refractivity (Wildman–Crippen MR) is 97.9 cm³/mol. The van der Waals surface area contributed by atoms with Crippen molar-refractivity contribution in [2.45, 2.75) is 103 Å². The molecular formula is C16H37BClLiSi. The van der Waals surface area contributed by atoms with Crippen LogP contribution in [0.25, 0.3) is 0 Å². The van der Waals surface area contributed by atoms with Gasteiger partial charge in [0.1, 0.15) is 0 Å². The van der Waals surface area contributed by atoms with Gasteiger partial charge in [0.25, 0.3) is 0 Å². The van der Waals surface area contributed by atoms with Crippen LogP contribution in [0.4, 0.5) is 0 Å². The maximum atomic E-state index is 7.08. The molecule has 0 aromatic carbocycles. The quantitative estimate of drug-likeness (QED) is 0.401. The molecule has 0 aliphatic rings. The van der Waals surface area contributed by atoms with Gasteiger partial charge in [-0.2, -0.15) is 30.6 Å². The van der Waals surface area contributed by atoms with Gasteiger partial charge in [-0.3, -0.25) is 0 Å². The van der Waals surface area contributed by atoms with Gasteiger partial charge >= 0.3 is 18.9 Å². The molecule has 0 aliphatic heterocycles. The van der Waals surface area contributed by atoms with E-state index >= 15 is 0 Å². The molecule has 0 radical (unpaired) electrons. The fraction of sp³-hybridized carbons (Fsp3) is 1.00. The van der Waals surface area contributed by atoms with E-state index in [0.29, 0.717) is 4.90 Å². The van der Waals surface area contributed by atoms with E-state index in [1.807, 2.05) is 0 Å². The van der Waals surface area contributed by atoms with E-state index in [1.54, 1.807) is 0 Å². The molecule has 0 amide bonds. The molecule has 0 saturated heterocycles. The molecule has 1 atom stereocenters. The summed E-state index contributed by atoms with van der Waals surface area (Å²) in [4.78, 5) is 0.497. The first-order chi connectivity index (χ1) is 8.84. The Morgan fingerprint density at radius 2 is 1.10 bits per heavy atom. The van der Waals surface area contributed by atoms with E-state index in [1.165, 1.54) is 57.5 Å². The average Bonchev–Trinajstić information content (AvgIpc) is 2.36. The van der Waals surface area contributed by atoms with Crippen molar-refractivity contribution in [3.05, 3.63) is 0 Å². The molecule has 0 aromatic rings. The van der Waals surface area contributed by atoms with Crippen LogP contribution in [0, 0.1) is 0 Å². The molecule has 4 heteroatoms. The summed E-state index contributed by atoms with van der Waals surface area (Å²) in [5, 5.41) is 0. The van der Waals surface area contributed by atoms with Gasteiger partial charge in [0.05, 0.1) is 0 Å². The first-order valence-corrected chi connectivity index (χ1v) is 12.7. The Morgan fingerprint density at radius 1 is 0.800 bits per heavy atom. The van der Waals surface area contributed by atoms with Gasteiger partial charge in [0, 0.05) is 14.2 Å². The van der Waals surface area contributed by atoms with Crippen molar-refractivity contribution in [2.75, 3.05) is 0 Å². The Hall–Kier alpha value is 1.17. The largest absolute Gasteiger partial charge is 1.00 e. The second-order valence-corrected chi connectivity index (χ2v) is 14.0. The molecule has 0 saturated carbocycles. The summed E-state index contributed by atoms with van der Waals surface area (Å²) in [6.45, 7) is 14.3. The van der Waals surface area contributed by atoms with Crippen molar-refractivity contribution < 1.29 is 18.9 Å². The van der Waals surface area contributed by atoms with Crippen molar-refractivity contribution in [1.82, 2.24) is 0 Å². The van der Waals surface area contributed by atoms with Gasteiger partial charge in [-0.15, -0.1) is 0 Å². The molecular weight excluding hydrogens is 273 g/mol. The van der Waals surface area contributed by atoms with E-state index < -0.39 is 8.07 Å². The zero-order valence-electron chi connectivity index (χ0n) is 15.4. The number of unbranched alkanes of at least 4 members (excludes halogenated alkanes) is 3. The van der Waals surface area contributed by atoms with Crippen LogP contribution in [0.5, 0.6) is 0 Å². The fourth-order valence-electron chi connectivity index (χ4n) is 3.76. The molecule has 0 aliphatic carbocycles. The number of rotatable bonds is 11. The number of hydrogen-bond donors (Lipinski definition) is 0. The Labute approximate surface area is 147 Å². The van der Waals surface area contributed by atoms with Crippen molar-refractivity contribution in [3.63, 3.8) is 0 Å². The first-order valence-electron chi connectivity index (χ1n) is 8.69. The summed E-state index contributed by atoms with van der Waals surface area (Å²) in [6, 6.07) is 0. The second-order valence-electron chi connectivity index (χ2n) is 7.77. The molecule has 1 unspecified atom stereocenters. The monoisotopic (exact) mass is 310 g/mol.